The normalized spacial score (nSPS) is 16.5. The van der Waals surface area contributed by atoms with Gasteiger partial charge in [0.15, 0.2) is 0 Å². The van der Waals surface area contributed by atoms with Crippen LogP contribution in [0.5, 0.6) is 5.75 Å². The molecule has 1 unspecified atom stereocenters. The van der Waals surface area contributed by atoms with Crippen LogP contribution in [0.2, 0.25) is 0 Å². The fraction of sp³-hybridized carbons (Fsp3) is 0.400. The molecular formula is C20H23NO7S2. The largest absolute Gasteiger partial charge is 0.496 e. The third kappa shape index (κ3) is 5.31. The zero-order valence-electron chi connectivity index (χ0n) is 16.4. The molecule has 0 amide bonds. The number of methoxy groups -OCH3 is 1. The topological polar surface area (TPSA) is 116 Å². The van der Waals surface area contributed by atoms with Crippen molar-refractivity contribution in [2.45, 2.75) is 29.4 Å². The van der Waals surface area contributed by atoms with Crippen LogP contribution < -0.4 is 4.74 Å². The maximum atomic E-state index is 11.6. The molecule has 162 valence electrons. The number of nitrogens with zero attached hydrogens (tertiary/aromatic N) is 1. The molecule has 1 aliphatic heterocycles. The molecule has 2 aromatic rings. The standard InChI is InChI=1S/C20H23NO7S2/c1-27-17-6-2-4-14-5-3-11-29-18(20(14)17)13-28-10-9-15-12-16(21(22)23)7-8-19(15)30(24,25)26/h2,4,6-8,12,18H,3,5,9-11,13H2,1H3,(H,24,25,26). The third-order valence-corrected chi connectivity index (χ3v) is 7.18. The Balaban J connectivity index is 1.72. The minimum atomic E-state index is -4.49. The third-order valence-electron chi connectivity index (χ3n) is 4.93. The maximum Gasteiger partial charge on any atom is 0.294 e. The fourth-order valence-corrected chi connectivity index (χ4v) is 5.51. The van der Waals surface area contributed by atoms with E-state index < -0.39 is 15.0 Å². The summed E-state index contributed by atoms with van der Waals surface area (Å²) in [6.07, 6.45) is 2.15. The Labute approximate surface area is 179 Å². The average molecular weight is 454 g/mol. The van der Waals surface area contributed by atoms with Crippen LogP contribution in [0.15, 0.2) is 41.3 Å². The van der Waals surface area contributed by atoms with Gasteiger partial charge in [0, 0.05) is 17.7 Å². The first-order valence-corrected chi connectivity index (χ1v) is 11.9. The van der Waals surface area contributed by atoms with E-state index in [4.69, 9.17) is 9.47 Å². The second kappa shape index (κ2) is 9.78. The van der Waals surface area contributed by atoms with Gasteiger partial charge in [-0.25, -0.2) is 0 Å². The van der Waals surface area contributed by atoms with Crippen LogP contribution in [0, 0.1) is 10.1 Å². The predicted octanol–water partition coefficient (Wildman–Crippen LogP) is 3.83. The van der Waals surface area contributed by atoms with Crippen molar-refractivity contribution >= 4 is 27.6 Å². The highest BCUT2D eigenvalue weighted by molar-refractivity contribution is 7.99. The molecule has 0 spiro atoms. The lowest BCUT2D eigenvalue weighted by Crippen LogP contribution is -2.11. The Morgan fingerprint density at radius 3 is 2.80 bits per heavy atom. The zero-order valence-corrected chi connectivity index (χ0v) is 18.1. The van der Waals surface area contributed by atoms with E-state index in [1.807, 2.05) is 12.1 Å². The van der Waals surface area contributed by atoms with Gasteiger partial charge >= 0.3 is 0 Å². The van der Waals surface area contributed by atoms with E-state index in [1.54, 1.807) is 18.9 Å². The van der Waals surface area contributed by atoms with Crippen molar-refractivity contribution < 1.29 is 27.4 Å². The van der Waals surface area contributed by atoms with Crippen LogP contribution >= 0.6 is 11.8 Å². The van der Waals surface area contributed by atoms with Crippen LogP contribution in [-0.2, 0) is 27.7 Å². The van der Waals surface area contributed by atoms with Crippen LogP contribution in [0.25, 0.3) is 0 Å². The molecule has 0 saturated heterocycles. The van der Waals surface area contributed by atoms with E-state index >= 15 is 0 Å². The highest BCUT2D eigenvalue weighted by Crippen LogP contribution is 2.41. The zero-order chi connectivity index (χ0) is 21.7. The summed E-state index contributed by atoms with van der Waals surface area (Å²) in [4.78, 5) is 10.1. The molecular weight excluding hydrogens is 430 g/mol. The number of hydrogen-bond acceptors (Lipinski definition) is 7. The van der Waals surface area contributed by atoms with E-state index in [1.165, 1.54) is 5.56 Å². The number of hydrogen-bond donors (Lipinski definition) is 1. The molecule has 1 atom stereocenters. The van der Waals surface area contributed by atoms with E-state index in [9.17, 15) is 23.1 Å². The number of aryl methyl sites for hydroxylation is 1. The van der Waals surface area contributed by atoms with Gasteiger partial charge in [-0.2, -0.15) is 20.2 Å². The van der Waals surface area contributed by atoms with E-state index in [2.05, 4.69) is 6.07 Å². The molecule has 30 heavy (non-hydrogen) atoms. The summed E-state index contributed by atoms with van der Waals surface area (Å²) in [7, 11) is -2.85. The first-order chi connectivity index (χ1) is 14.3. The molecule has 0 bridgehead atoms. The Kier molecular flexibility index (Phi) is 7.35. The predicted molar refractivity (Wildman–Crippen MR) is 114 cm³/mol. The van der Waals surface area contributed by atoms with E-state index in [0.717, 1.165) is 48.1 Å². The lowest BCUT2D eigenvalue weighted by Gasteiger charge is -2.20. The van der Waals surface area contributed by atoms with E-state index in [0.29, 0.717) is 6.61 Å². The lowest BCUT2D eigenvalue weighted by molar-refractivity contribution is -0.385. The summed E-state index contributed by atoms with van der Waals surface area (Å²) in [5, 5.41) is 11.1. The van der Waals surface area contributed by atoms with Crippen molar-refractivity contribution in [1.29, 1.82) is 0 Å². The van der Waals surface area contributed by atoms with Gasteiger partial charge < -0.3 is 9.47 Å². The fourth-order valence-electron chi connectivity index (χ4n) is 3.55. The number of benzene rings is 2. The molecule has 1 heterocycles. The molecule has 10 heteroatoms. The average Bonchev–Trinajstić information content (AvgIpc) is 2.92. The Hall–Kier alpha value is -2.14. The summed E-state index contributed by atoms with van der Waals surface area (Å²) in [5.41, 5.74) is 2.27. The van der Waals surface area contributed by atoms with E-state index in [-0.39, 0.29) is 34.4 Å². The van der Waals surface area contributed by atoms with Crippen LogP contribution in [-0.4, -0.2) is 44.0 Å². The van der Waals surface area contributed by atoms with Gasteiger partial charge in [0.05, 0.1) is 35.4 Å². The SMILES string of the molecule is COc1cccc2c1C(COCCc1cc([N+](=O)[O-])ccc1S(=O)(=O)O)SCCC2. The highest BCUT2D eigenvalue weighted by atomic mass is 32.2. The van der Waals surface area contributed by atoms with Gasteiger partial charge in [0.1, 0.15) is 5.75 Å². The summed E-state index contributed by atoms with van der Waals surface area (Å²) >= 11 is 1.79. The molecule has 0 radical (unpaired) electrons. The lowest BCUT2D eigenvalue weighted by atomic mass is 9.99. The van der Waals surface area contributed by atoms with Crippen molar-refractivity contribution in [1.82, 2.24) is 0 Å². The second-order valence-corrected chi connectivity index (χ2v) is 9.55. The van der Waals surface area contributed by atoms with Crippen LogP contribution in [0.4, 0.5) is 5.69 Å². The molecule has 0 fully saturated rings. The minimum Gasteiger partial charge on any atom is -0.496 e. The van der Waals surface area contributed by atoms with Crippen molar-refractivity contribution in [3.8, 4) is 5.75 Å². The smallest absolute Gasteiger partial charge is 0.294 e. The van der Waals surface area contributed by atoms with Crippen LogP contribution in [0.3, 0.4) is 0 Å². The molecule has 2 aromatic carbocycles. The number of non-ortho nitro benzene ring substituents is 1. The molecule has 0 aliphatic carbocycles. The molecule has 1 N–H and O–H groups in total. The number of thioether (sulfide) groups is 1. The molecule has 1 aliphatic rings. The summed E-state index contributed by atoms with van der Waals surface area (Å²) in [5.74, 6) is 1.81. The number of fused-ring (bicyclic) bond motifs is 1. The summed E-state index contributed by atoms with van der Waals surface area (Å²) in [6, 6.07) is 9.26. The number of ether oxygens (including phenoxy) is 2. The van der Waals surface area contributed by atoms with Gasteiger partial charge in [-0.3, -0.25) is 14.7 Å². The first kappa shape index (κ1) is 22.5. The second-order valence-electron chi connectivity index (χ2n) is 6.85. The first-order valence-electron chi connectivity index (χ1n) is 9.41. The maximum absolute atomic E-state index is 11.6. The summed E-state index contributed by atoms with van der Waals surface area (Å²) in [6.45, 7) is 0.555. The quantitative estimate of drug-likeness (QED) is 0.277. The van der Waals surface area contributed by atoms with Gasteiger partial charge in [-0.05, 0) is 48.3 Å². The summed E-state index contributed by atoms with van der Waals surface area (Å²) < 4.78 is 43.9. The Morgan fingerprint density at radius 2 is 2.10 bits per heavy atom. The Bertz CT molecular complexity index is 1020. The number of nitro benzene ring substituents is 1. The Morgan fingerprint density at radius 1 is 1.30 bits per heavy atom. The van der Waals surface area contributed by atoms with Crippen LogP contribution in [0.1, 0.15) is 28.4 Å². The minimum absolute atomic E-state index is 0.0739. The van der Waals surface area contributed by atoms with Gasteiger partial charge in [0.2, 0.25) is 0 Å². The molecule has 0 saturated carbocycles. The van der Waals surface area contributed by atoms with Crippen molar-refractivity contribution in [2.24, 2.45) is 0 Å². The van der Waals surface area contributed by atoms with Crippen molar-refractivity contribution in [3.63, 3.8) is 0 Å². The number of nitro groups is 1. The monoisotopic (exact) mass is 453 g/mol. The molecule has 0 aromatic heterocycles. The molecule has 8 nitrogen and oxygen atoms in total. The number of rotatable bonds is 8. The van der Waals surface area contributed by atoms with Crippen molar-refractivity contribution in [2.75, 3.05) is 26.1 Å². The van der Waals surface area contributed by atoms with Gasteiger partial charge in [-0.1, -0.05) is 12.1 Å². The van der Waals surface area contributed by atoms with Gasteiger partial charge in [-0.15, -0.1) is 0 Å². The molecule has 3 rings (SSSR count). The van der Waals surface area contributed by atoms with Crippen molar-refractivity contribution in [3.05, 3.63) is 63.2 Å². The highest BCUT2D eigenvalue weighted by Gasteiger charge is 2.24. The van der Waals surface area contributed by atoms with Gasteiger partial charge in [0.25, 0.3) is 15.8 Å².